The zero-order chi connectivity index (χ0) is 18.1. The third kappa shape index (κ3) is 2.97. The summed E-state index contributed by atoms with van der Waals surface area (Å²) in [5, 5.41) is 11.9. The van der Waals surface area contributed by atoms with Gasteiger partial charge in [0.05, 0.1) is 6.04 Å². The number of hydrogen-bond acceptors (Lipinski definition) is 2. The molecule has 3 nitrogen and oxygen atoms in total. The molecule has 0 saturated carbocycles. The first-order valence-corrected chi connectivity index (χ1v) is 8.87. The van der Waals surface area contributed by atoms with Crippen molar-refractivity contribution in [1.29, 1.82) is 0 Å². The van der Waals surface area contributed by atoms with Gasteiger partial charge in [-0.25, -0.2) is 4.39 Å². The largest absolute Gasteiger partial charge is 0.480 e. The molecule has 0 aromatic heterocycles. The molecule has 4 rings (SSSR count). The van der Waals surface area contributed by atoms with Crippen molar-refractivity contribution >= 4 is 16.7 Å². The minimum Gasteiger partial charge on any atom is -0.480 e. The standard InChI is InChI=1S/C22H20FNO2/c23-17-12-10-16(11-13-17)21(24-14-4-9-20(24)22(25)26)19-8-3-6-15-5-1-2-7-18(15)19/h1-3,5-8,10-13,20-21H,4,9,14H2,(H,25,26). The zero-order valence-corrected chi connectivity index (χ0v) is 14.3. The second kappa shape index (κ2) is 6.89. The van der Waals surface area contributed by atoms with Gasteiger partial charge >= 0.3 is 5.97 Å². The van der Waals surface area contributed by atoms with Gasteiger partial charge in [-0.05, 0) is 46.9 Å². The molecule has 2 unspecified atom stereocenters. The van der Waals surface area contributed by atoms with Gasteiger partial charge in [0, 0.05) is 6.54 Å². The average molecular weight is 349 g/mol. The van der Waals surface area contributed by atoms with Crippen LogP contribution >= 0.6 is 0 Å². The Balaban J connectivity index is 1.90. The number of benzene rings is 3. The number of carbonyl (C=O) groups is 1. The summed E-state index contributed by atoms with van der Waals surface area (Å²) >= 11 is 0. The van der Waals surface area contributed by atoms with Crippen LogP contribution in [0.1, 0.15) is 30.0 Å². The number of carboxylic acids is 1. The fourth-order valence-electron chi connectivity index (χ4n) is 4.05. The second-order valence-electron chi connectivity index (χ2n) is 6.76. The fraction of sp³-hybridized carbons (Fsp3) is 0.227. The van der Waals surface area contributed by atoms with Gasteiger partial charge in [-0.3, -0.25) is 9.69 Å². The van der Waals surface area contributed by atoms with Crippen LogP contribution in [0.4, 0.5) is 4.39 Å². The van der Waals surface area contributed by atoms with Crippen molar-refractivity contribution in [3.05, 3.63) is 83.7 Å². The number of halogens is 1. The van der Waals surface area contributed by atoms with Crippen molar-refractivity contribution in [1.82, 2.24) is 4.90 Å². The Labute approximate surface area is 151 Å². The van der Waals surface area contributed by atoms with Crippen LogP contribution in [-0.4, -0.2) is 28.6 Å². The molecule has 3 aromatic carbocycles. The predicted molar refractivity (Wildman–Crippen MR) is 99.6 cm³/mol. The highest BCUT2D eigenvalue weighted by Crippen LogP contribution is 2.38. The molecule has 132 valence electrons. The minimum atomic E-state index is -0.796. The van der Waals surface area contributed by atoms with Gasteiger partial charge in [-0.15, -0.1) is 0 Å². The van der Waals surface area contributed by atoms with Crippen molar-refractivity contribution in [2.24, 2.45) is 0 Å². The molecule has 3 aromatic rings. The normalized spacial score (nSPS) is 18.9. The van der Waals surface area contributed by atoms with Crippen molar-refractivity contribution in [3.8, 4) is 0 Å². The highest BCUT2D eigenvalue weighted by molar-refractivity contribution is 5.86. The number of likely N-dealkylation sites (tertiary alicyclic amines) is 1. The molecule has 0 bridgehead atoms. The van der Waals surface area contributed by atoms with E-state index in [0.29, 0.717) is 13.0 Å². The SMILES string of the molecule is O=C(O)C1CCCN1C(c1ccc(F)cc1)c1cccc2ccccc12. The Bertz CT molecular complexity index is 933. The Hall–Kier alpha value is -2.72. The maximum Gasteiger partial charge on any atom is 0.320 e. The number of nitrogens with zero attached hydrogens (tertiary/aromatic N) is 1. The summed E-state index contributed by atoms with van der Waals surface area (Å²) in [5.41, 5.74) is 1.97. The molecular formula is C22H20FNO2. The number of carboxylic acid groups (broad SMARTS) is 1. The maximum atomic E-state index is 13.5. The van der Waals surface area contributed by atoms with E-state index in [4.69, 9.17) is 0 Å². The van der Waals surface area contributed by atoms with Crippen LogP contribution in [0.15, 0.2) is 66.7 Å². The summed E-state index contributed by atoms with van der Waals surface area (Å²) in [4.78, 5) is 13.8. The summed E-state index contributed by atoms with van der Waals surface area (Å²) in [6.07, 6.45) is 1.48. The third-order valence-corrected chi connectivity index (χ3v) is 5.21. The minimum absolute atomic E-state index is 0.217. The van der Waals surface area contributed by atoms with Gasteiger partial charge < -0.3 is 5.11 Å². The molecule has 0 radical (unpaired) electrons. The van der Waals surface area contributed by atoms with Crippen LogP contribution in [0.5, 0.6) is 0 Å². The number of fused-ring (bicyclic) bond motifs is 1. The van der Waals surface area contributed by atoms with Gasteiger partial charge in [-0.2, -0.15) is 0 Å². The van der Waals surface area contributed by atoms with E-state index >= 15 is 0 Å². The van der Waals surface area contributed by atoms with Gasteiger partial charge in [0.2, 0.25) is 0 Å². The first-order chi connectivity index (χ1) is 12.6. The van der Waals surface area contributed by atoms with Crippen molar-refractivity contribution in [2.45, 2.75) is 24.9 Å². The number of aliphatic carboxylic acids is 1. The van der Waals surface area contributed by atoms with Crippen LogP contribution in [-0.2, 0) is 4.79 Å². The van der Waals surface area contributed by atoms with Crippen molar-refractivity contribution in [3.63, 3.8) is 0 Å². The summed E-state index contributed by atoms with van der Waals surface area (Å²) < 4.78 is 13.5. The molecule has 4 heteroatoms. The second-order valence-corrected chi connectivity index (χ2v) is 6.76. The highest BCUT2D eigenvalue weighted by atomic mass is 19.1. The van der Waals surface area contributed by atoms with Crippen LogP contribution in [0.3, 0.4) is 0 Å². The summed E-state index contributed by atoms with van der Waals surface area (Å²) in [6.45, 7) is 0.711. The zero-order valence-electron chi connectivity index (χ0n) is 14.3. The number of rotatable bonds is 4. The monoisotopic (exact) mass is 349 g/mol. The van der Waals surface area contributed by atoms with Gasteiger partial charge in [0.25, 0.3) is 0 Å². The number of hydrogen-bond donors (Lipinski definition) is 1. The van der Waals surface area contributed by atoms with Gasteiger partial charge in [0.1, 0.15) is 11.9 Å². The Morgan fingerprint density at radius 3 is 2.54 bits per heavy atom. The topological polar surface area (TPSA) is 40.5 Å². The molecule has 2 atom stereocenters. The predicted octanol–water partition coefficient (Wildman–Crippen LogP) is 4.62. The van der Waals surface area contributed by atoms with E-state index in [1.54, 1.807) is 12.1 Å². The van der Waals surface area contributed by atoms with Crippen molar-refractivity contribution in [2.75, 3.05) is 6.54 Å². The Kier molecular flexibility index (Phi) is 4.43. The highest BCUT2D eigenvalue weighted by Gasteiger charge is 2.37. The fourth-order valence-corrected chi connectivity index (χ4v) is 4.05. The van der Waals surface area contributed by atoms with E-state index in [1.165, 1.54) is 12.1 Å². The third-order valence-electron chi connectivity index (χ3n) is 5.21. The summed E-state index contributed by atoms with van der Waals surface area (Å²) in [6, 6.07) is 19.9. The lowest BCUT2D eigenvalue weighted by molar-refractivity contribution is -0.142. The molecule has 1 fully saturated rings. The Morgan fingerprint density at radius 1 is 1.04 bits per heavy atom. The average Bonchev–Trinajstić information content (AvgIpc) is 3.13. The summed E-state index contributed by atoms with van der Waals surface area (Å²) in [5.74, 6) is -1.09. The van der Waals surface area contributed by atoms with E-state index in [2.05, 4.69) is 18.2 Å². The smallest absolute Gasteiger partial charge is 0.320 e. The lowest BCUT2D eigenvalue weighted by Gasteiger charge is -2.32. The molecule has 1 heterocycles. The molecular weight excluding hydrogens is 329 g/mol. The lowest BCUT2D eigenvalue weighted by atomic mass is 9.92. The molecule has 0 spiro atoms. The summed E-state index contributed by atoms with van der Waals surface area (Å²) in [7, 11) is 0. The van der Waals surface area contributed by atoms with E-state index in [-0.39, 0.29) is 11.9 Å². The van der Waals surface area contributed by atoms with E-state index in [0.717, 1.165) is 28.3 Å². The molecule has 1 aliphatic rings. The molecule has 1 N–H and O–H groups in total. The lowest BCUT2D eigenvalue weighted by Crippen LogP contribution is -2.39. The molecule has 26 heavy (non-hydrogen) atoms. The van der Waals surface area contributed by atoms with E-state index in [1.807, 2.05) is 29.2 Å². The van der Waals surface area contributed by atoms with Crippen LogP contribution < -0.4 is 0 Å². The maximum absolute atomic E-state index is 13.5. The molecule has 1 saturated heterocycles. The molecule has 1 aliphatic heterocycles. The first-order valence-electron chi connectivity index (χ1n) is 8.87. The van der Waals surface area contributed by atoms with Crippen LogP contribution in [0, 0.1) is 5.82 Å². The molecule has 0 aliphatic carbocycles. The molecule has 0 amide bonds. The first kappa shape index (κ1) is 16.7. The van der Waals surface area contributed by atoms with E-state index in [9.17, 15) is 14.3 Å². The van der Waals surface area contributed by atoms with Crippen LogP contribution in [0.2, 0.25) is 0 Å². The van der Waals surface area contributed by atoms with Gasteiger partial charge in [-0.1, -0.05) is 54.6 Å². The Morgan fingerprint density at radius 2 is 1.77 bits per heavy atom. The van der Waals surface area contributed by atoms with Gasteiger partial charge in [0.15, 0.2) is 0 Å². The quantitative estimate of drug-likeness (QED) is 0.747. The van der Waals surface area contributed by atoms with Crippen molar-refractivity contribution < 1.29 is 14.3 Å². The van der Waals surface area contributed by atoms with Crippen LogP contribution in [0.25, 0.3) is 10.8 Å². The van der Waals surface area contributed by atoms with E-state index < -0.39 is 12.0 Å².